The zero-order valence-corrected chi connectivity index (χ0v) is 10.4. The Morgan fingerprint density at radius 3 is 2.89 bits per heavy atom. The van der Waals surface area contributed by atoms with Crippen LogP contribution in [0.3, 0.4) is 0 Å². The maximum atomic E-state index is 4.46. The van der Waals surface area contributed by atoms with Gasteiger partial charge in [-0.3, -0.25) is 9.89 Å². The molecule has 0 N–H and O–H groups in total. The Balaban J connectivity index is 2.29. The lowest BCUT2D eigenvalue weighted by Crippen LogP contribution is -2.14. The van der Waals surface area contributed by atoms with Crippen molar-refractivity contribution in [2.24, 2.45) is 4.99 Å². The van der Waals surface area contributed by atoms with Crippen molar-refractivity contribution >= 4 is 12.2 Å². The van der Waals surface area contributed by atoms with E-state index in [0.29, 0.717) is 0 Å². The van der Waals surface area contributed by atoms with E-state index in [1.165, 1.54) is 0 Å². The van der Waals surface area contributed by atoms with Crippen molar-refractivity contribution in [2.45, 2.75) is 6.92 Å². The van der Waals surface area contributed by atoms with Crippen LogP contribution in [0.15, 0.2) is 53.9 Å². The van der Waals surface area contributed by atoms with Crippen molar-refractivity contribution in [3.05, 3.63) is 48.9 Å². The first-order valence-electron chi connectivity index (χ1n) is 5.65. The van der Waals surface area contributed by atoms with E-state index >= 15 is 0 Å². The molecule has 0 saturated carbocycles. The molecule has 0 spiro atoms. The minimum absolute atomic E-state index is 0.789. The van der Waals surface area contributed by atoms with Crippen molar-refractivity contribution in [1.82, 2.24) is 14.8 Å². The van der Waals surface area contributed by atoms with Crippen LogP contribution in [-0.2, 0) is 0 Å². The molecule has 0 fully saturated rings. The summed E-state index contributed by atoms with van der Waals surface area (Å²) < 4.78 is 1.73. The van der Waals surface area contributed by atoms with Crippen LogP contribution in [0.2, 0.25) is 0 Å². The molecule has 2 rings (SSSR count). The van der Waals surface area contributed by atoms with Crippen molar-refractivity contribution in [3.8, 4) is 5.82 Å². The summed E-state index contributed by atoms with van der Waals surface area (Å²) in [5.74, 6) is 1.59. The van der Waals surface area contributed by atoms with Crippen LogP contribution in [0.5, 0.6) is 0 Å². The number of nitrogens with zero attached hydrogens (tertiary/aromatic N) is 5. The quantitative estimate of drug-likeness (QED) is 0.609. The van der Waals surface area contributed by atoms with E-state index in [-0.39, 0.29) is 0 Å². The molecule has 0 atom stereocenters. The Labute approximate surface area is 106 Å². The third-order valence-corrected chi connectivity index (χ3v) is 2.27. The molecule has 0 unspecified atom stereocenters. The smallest absolute Gasteiger partial charge is 0.160 e. The number of allylic oxidation sites excluding steroid dienone is 1. The first-order valence-corrected chi connectivity index (χ1v) is 5.65. The Morgan fingerprint density at radius 2 is 2.22 bits per heavy atom. The topological polar surface area (TPSA) is 46.3 Å². The first kappa shape index (κ1) is 12.0. The normalized spacial score (nSPS) is 11.4. The van der Waals surface area contributed by atoms with Crippen LogP contribution >= 0.6 is 0 Å². The highest BCUT2D eigenvalue weighted by Crippen LogP contribution is 2.12. The molecule has 0 amide bonds. The van der Waals surface area contributed by atoms with E-state index in [9.17, 15) is 0 Å². The molecule has 0 aliphatic carbocycles. The van der Waals surface area contributed by atoms with E-state index < -0.39 is 0 Å². The summed E-state index contributed by atoms with van der Waals surface area (Å²) in [5.41, 5.74) is 0. The fraction of sp³-hybridized carbons (Fsp3) is 0.154. The third kappa shape index (κ3) is 2.63. The van der Waals surface area contributed by atoms with Crippen LogP contribution in [0.25, 0.3) is 5.82 Å². The van der Waals surface area contributed by atoms with Gasteiger partial charge in [0.05, 0.1) is 6.34 Å². The number of hydrogen-bond donors (Lipinski definition) is 0. The molecule has 5 nitrogen and oxygen atoms in total. The molecule has 0 aliphatic rings. The summed E-state index contributed by atoms with van der Waals surface area (Å²) in [4.78, 5) is 10.1. The third-order valence-electron chi connectivity index (χ3n) is 2.27. The van der Waals surface area contributed by atoms with Gasteiger partial charge in [-0.15, -0.1) is 5.10 Å². The predicted octanol–water partition coefficient (Wildman–Crippen LogP) is 2.27. The zero-order valence-electron chi connectivity index (χ0n) is 10.4. The van der Waals surface area contributed by atoms with Gasteiger partial charge in [0.25, 0.3) is 0 Å². The highest BCUT2D eigenvalue weighted by atomic mass is 15.4. The van der Waals surface area contributed by atoms with Gasteiger partial charge in [0, 0.05) is 31.7 Å². The number of aliphatic imine (C=N–C) groups is 1. The van der Waals surface area contributed by atoms with Gasteiger partial charge >= 0.3 is 0 Å². The predicted molar refractivity (Wildman–Crippen MR) is 73.1 cm³/mol. The number of pyridine rings is 1. The van der Waals surface area contributed by atoms with Gasteiger partial charge in [-0.05, 0) is 19.1 Å². The Morgan fingerprint density at radius 1 is 1.33 bits per heavy atom. The lowest BCUT2D eigenvalue weighted by molar-refractivity contribution is 0.845. The molecular weight excluding hydrogens is 226 g/mol. The van der Waals surface area contributed by atoms with Gasteiger partial charge in [-0.2, -0.15) is 0 Å². The van der Waals surface area contributed by atoms with E-state index in [1.54, 1.807) is 24.3 Å². The summed E-state index contributed by atoms with van der Waals surface area (Å²) in [6.07, 6.45) is 9.16. The standard InChI is InChI=1S/C13H15N5/c1-3-9-17(11-14-2)13-7-10-18(16-13)12-6-4-5-8-15-12/h3-11H,1-2H3/b9-3-,14-11?. The van der Waals surface area contributed by atoms with Crippen LogP contribution in [0.1, 0.15) is 6.92 Å². The molecule has 0 saturated heterocycles. The Hall–Kier alpha value is -2.43. The van der Waals surface area contributed by atoms with E-state index in [2.05, 4.69) is 15.1 Å². The number of hydrogen-bond acceptors (Lipinski definition) is 3. The van der Waals surface area contributed by atoms with Crippen LogP contribution in [0, 0.1) is 0 Å². The minimum atomic E-state index is 0.789. The highest BCUT2D eigenvalue weighted by Gasteiger charge is 2.05. The molecular formula is C13H15N5. The second kappa shape index (κ2) is 5.77. The molecule has 0 radical (unpaired) electrons. The first-order chi connectivity index (χ1) is 8.85. The molecule has 0 bridgehead atoms. The number of anilines is 1. The van der Waals surface area contributed by atoms with Crippen molar-refractivity contribution in [3.63, 3.8) is 0 Å². The number of aromatic nitrogens is 3. The average Bonchev–Trinajstić information content (AvgIpc) is 2.89. The molecule has 2 aromatic heterocycles. The maximum Gasteiger partial charge on any atom is 0.160 e. The van der Waals surface area contributed by atoms with Gasteiger partial charge in [0.15, 0.2) is 11.6 Å². The highest BCUT2D eigenvalue weighted by molar-refractivity contribution is 5.79. The second-order valence-electron chi connectivity index (χ2n) is 3.57. The molecule has 0 aromatic carbocycles. The van der Waals surface area contributed by atoms with Gasteiger partial charge in [0.1, 0.15) is 0 Å². The molecule has 92 valence electrons. The molecule has 2 heterocycles. The summed E-state index contributed by atoms with van der Waals surface area (Å²) >= 11 is 0. The Kier molecular flexibility index (Phi) is 3.86. The van der Waals surface area contributed by atoms with Crippen LogP contribution in [-0.4, -0.2) is 28.2 Å². The van der Waals surface area contributed by atoms with Crippen LogP contribution in [0.4, 0.5) is 5.82 Å². The molecule has 5 heteroatoms. The summed E-state index contributed by atoms with van der Waals surface area (Å²) in [7, 11) is 1.73. The summed E-state index contributed by atoms with van der Waals surface area (Å²) in [5, 5.41) is 4.46. The lowest BCUT2D eigenvalue weighted by atomic mass is 10.5. The van der Waals surface area contributed by atoms with Gasteiger partial charge in [-0.25, -0.2) is 9.67 Å². The largest absolute Gasteiger partial charge is 0.291 e. The van der Waals surface area contributed by atoms with E-state index in [0.717, 1.165) is 11.6 Å². The fourth-order valence-corrected chi connectivity index (χ4v) is 1.53. The fourth-order valence-electron chi connectivity index (χ4n) is 1.53. The van der Waals surface area contributed by atoms with Gasteiger partial charge < -0.3 is 0 Å². The summed E-state index contributed by atoms with van der Waals surface area (Å²) in [6, 6.07) is 7.63. The summed E-state index contributed by atoms with van der Waals surface area (Å²) in [6.45, 7) is 1.95. The zero-order chi connectivity index (χ0) is 12.8. The van der Waals surface area contributed by atoms with E-state index in [1.807, 2.05) is 54.6 Å². The second-order valence-corrected chi connectivity index (χ2v) is 3.57. The van der Waals surface area contributed by atoms with Gasteiger partial charge in [-0.1, -0.05) is 12.1 Å². The molecule has 18 heavy (non-hydrogen) atoms. The monoisotopic (exact) mass is 241 g/mol. The maximum absolute atomic E-state index is 4.46. The van der Waals surface area contributed by atoms with E-state index in [4.69, 9.17) is 0 Å². The van der Waals surface area contributed by atoms with Crippen LogP contribution < -0.4 is 4.90 Å². The van der Waals surface area contributed by atoms with Crippen molar-refractivity contribution in [2.75, 3.05) is 11.9 Å². The Bertz CT molecular complexity index is 530. The minimum Gasteiger partial charge on any atom is -0.291 e. The van der Waals surface area contributed by atoms with Crippen molar-refractivity contribution in [1.29, 1.82) is 0 Å². The molecule has 0 aliphatic heterocycles. The number of rotatable bonds is 4. The average molecular weight is 241 g/mol. The van der Waals surface area contributed by atoms with Gasteiger partial charge in [0.2, 0.25) is 0 Å². The van der Waals surface area contributed by atoms with Crippen molar-refractivity contribution < 1.29 is 0 Å². The lowest BCUT2D eigenvalue weighted by Gasteiger charge is -2.09. The SMILES string of the molecule is C/C=C\N(C=NC)c1ccn(-c2ccccn2)n1. The molecule has 2 aromatic rings.